The van der Waals surface area contributed by atoms with Gasteiger partial charge in [-0.2, -0.15) is 26.3 Å². The van der Waals surface area contributed by atoms with Crippen LogP contribution in [0.3, 0.4) is 0 Å². The number of ether oxygens (including phenoxy) is 1. The van der Waals surface area contributed by atoms with Crippen molar-refractivity contribution in [2.24, 2.45) is 0 Å². The molecule has 188 valence electrons. The van der Waals surface area contributed by atoms with Crippen LogP contribution >= 0.6 is 11.6 Å². The molecule has 0 saturated carbocycles. The summed E-state index contributed by atoms with van der Waals surface area (Å²) >= 11 is 5.48. The van der Waals surface area contributed by atoms with E-state index in [2.05, 4.69) is 6.58 Å². The lowest BCUT2D eigenvalue weighted by molar-refractivity contribution is -0.266. The summed E-state index contributed by atoms with van der Waals surface area (Å²) < 4.78 is 115. The summed E-state index contributed by atoms with van der Waals surface area (Å²) in [5.74, 6) is -2.29. The highest BCUT2D eigenvalue weighted by atomic mass is 35.5. The van der Waals surface area contributed by atoms with E-state index in [-0.39, 0.29) is 30.1 Å². The third-order valence-corrected chi connectivity index (χ3v) is 5.48. The maximum atomic E-state index is 14.4. The number of aliphatic hydroxyl groups is 1. The molecule has 2 rings (SSSR count). The van der Waals surface area contributed by atoms with Crippen molar-refractivity contribution in [3.8, 4) is 5.75 Å². The maximum Gasteiger partial charge on any atom is 0.417 e. The lowest BCUT2D eigenvalue weighted by atomic mass is 9.72. The molecule has 0 aliphatic rings. The molecule has 2 aromatic rings. The predicted molar refractivity (Wildman–Crippen MR) is 111 cm³/mol. The number of alkyl halides is 6. The Morgan fingerprint density at radius 1 is 1.03 bits per heavy atom. The van der Waals surface area contributed by atoms with Gasteiger partial charge in [0.15, 0.2) is 5.60 Å². The molecule has 0 fully saturated rings. The first-order chi connectivity index (χ1) is 15.4. The number of hydrogen-bond acceptors (Lipinski definition) is 2. The van der Waals surface area contributed by atoms with Crippen LogP contribution < -0.4 is 4.74 Å². The summed E-state index contributed by atoms with van der Waals surface area (Å²) in [6, 6.07) is 3.55. The molecule has 0 aliphatic carbocycles. The van der Waals surface area contributed by atoms with Gasteiger partial charge in [0.1, 0.15) is 24.0 Å². The lowest BCUT2D eigenvalue weighted by Gasteiger charge is -2.38. The number of hydrogen-bond donors (Lipinski definition) is 1. The van der Waals surface area contributed by atoms with Crippen LogP contribution in [0.25, 0.3) is 0 Å². The summed E-state index contributed by atoms with van der Waals surface area (Å²) in [4.78, 5) is 0. The summed E-state index contributed by atoms with van der Waals surface area (Å²) in [5, 5.41) is 9.63. The van der Waals surface area contributed by atoms with E-state index >= 15 is 0 Å². The van der Waals surface area contributed by atoms with E-state index in [0.29, 0.717) is 0 Å². The first-order valence-corrected chi connectivity index (χ1v) is 10.2. The second kappa shape index (κ2) is 9.73. The summed E-state index contributed by atoms with van der Waals surface area (Å²) in [7, 11) is 0. The van der Waals surface area contributed by atoms with Gasteiger partial charge in [-0.3, -0.25) is 0 Å². The first-order valence-electron chi connectivity index (χ1n) is 9.79. The van der Waals surface area contributed by atoms with Crippen molar-refractivity contribution in [2.75, 3.05) is 6.61 Å². The second-order valence-corrected chi connectivity index (χ2v) is 8.84. The maximum absolute atomic E-state index is 14.4. The Morgan fingerprint density at radius 2 is 1.65 bits per heavy atom. The number of rotatable bonds is 8. The van der Waals surface area contributed by atoms with Crippen molar-refractivity contribution in [1.82, 2.24) is 0 Å². The monoisotopic (exact) mass is 516 g/mol. The Labute approximate surface area is 195 Å². The highest BCUT2D eigenvalue weighted by Crippen LogP contribution is 2.46. The van der Waals surface area contributed by atoms with Gasteiger partial charge in [0.05, 0.1) is 10.6 Å². The standard InChI is InChI=1S/C23H21ClF8O2/c1-4-7-34-18-6-5-15(25)10-16(18)20(2,3)12-21(33,23(30,31)32)11-13-8-14(22(27,28)29)9-17(24)19(13)26/h4-6,8-10,33H,1,7,11-12H2,2-3H3. The molecule has 0 bridgehead atoms. The minimum Gasteiger partial charge on any atom is -0.489 e. The molecule has 11 heteroatoms. The smallest absolute Gasteiger partial charge is 0.417 e. The molecular formula is C23H21ClF8O2. The molecule has 1 atom stereocenters. The molecule has 1 unspecified atom stereocenters. The quantitative estimate of drug-likeness (QED) is 0.292. The molecule has 0 aromatic heterocycles. The predicted octanol–water partition coefficient (Wildman–Crippen LogP) is 7.41. The van der Waals surface area contributed by atoms with Gasteiger partial charge in [-0.1, -0.05) is 38.1 Å². The van der Waals surface area contributed by atoms with Gasteiger partial charge in [-0.25, -0.2) is 8.78 Å². The highest BCUT2D eigenvalue weighted by molar-refractivity contribution is 6.30. The fourth-order valence-corrected chi connectivity index (χ4v) is 3.89. The molecule has 0 heterocycles. The third-order valence-electron chi connectivity index (χ3n) is 5.20. The molecule has 2 aromatic carbocycles. The molecule has 34 heavy (non-hydrogen) atoms. The normalized spacial score (nSPS) is 14.6. The van der Waals surface area contributed by atoms with Crippen molar-refractivity contribution >= 4 is 11.6 Å². The summed E-state index contributed by atoms with van der Waals surface area (Å²) in [5.41, 5.74) is -7.92. The van der Waals surface area contributed by atoms with E-state index in [4.69, 9.17) is 16.3 Å². The van der Waals surface area contributed by atoms with Crippen LogP contribution in [0.1, 0.15) is 37.0 Å². The zero-order chi connectivity index (χ0) is 26.1. The van der Waals surface area contributed by atoms with Crippen LogP contribution in [-0.4, -0.2) is 23.5 Å². The first kappa shape index (κ1) is 27.9. The topological polar surface area (TPSA) is 29.5 Å². The van der Waals surface area contributed by atoms with Crippen LogP contribution in [0, 0.1) is 11.6 Å². The van der Waals surface area contributed by atoms with Gasteiger partial charge < -0.3 is 9.84 Å². The highest BCUT2D eigenvalue weighted by Gasteiger charge is 2.56. The molecule has 0 spiro atoms. The minimum atomic E-state index is -5.40. The Kier molecular flexibility index (Phi) is 7.99. The molecule has 0 amide bonds. The summed E-state index contributed by atoms with van der Waals surface area (Å²) in [6.45, 7) is 5.92. The van der Waals surface area contributed by atoms with E-state index < -0.39 is 64.0 Å². The van der Waals surface area contributed by atoms with Crippen molar-refractivity contribution in [3.63, 3.8) is 0 Å². The van der Waals surface area contributed by atoms with Crippen molar-refractivity contribution in [3.05, 3.63) is 76.3 Å². The van der Waals surface area contributed by atoms with Crippen LogP contribution in [0.5, 0.6) is 5.75 Å². The Balaban J connectivity index is 2.57. The zero-order valence-corrected chi connectivity index (χ0v) is 18.8. The minimum absolute atomic E-state index is 0.0177. The van der Waals surface area contributed by atoms with Crippen molar-refractivity contribution in [2.45, 2.75) is 50.1 Å². The Morgan fingerprint density at radius 3 is 2.18 bits per heavy atom. The second-order valence-electron chi connectivity index (χ2n) is 8.44. The largest absolute Gasteiger partial charge is 0.489 e. The summed E-state index contributed by atoms with van der Waals surface area (Å²) in [6.07, 6.45) is -11.8. The van der Waals surface area contributed by atoms with E-state index in [9.17, 15) is 40.2 Å². The van der Waals surface area contributed by atoms with Crippen LogP contribution in [-0.2, 0) is 18.0 Å². The molecule has 0 radical (unpaired) electrons. The zero-order valence-electron chi connectivity index (χ0n) is 18.0. The molecule has 1 N–H and O–H groups in total. The van der Waals surface area contributed by atoms with Gasteiger partial charge in [0.25, 0.3) is 0 Å². The van der Waals surface area contributed by atoms with Gasteiger partial charge in [-0.05, 0) is 47.7 Å². The fraction of sp³-hybridized carbons (Fsp3) is 0.391. The van der Waals surface area contributed by atoms with Crippen molar-refractivity contribution in [1.29, 1.82) is 0 Å². The van der Waals surface area contributed by atoms with E-state index in [0.717, 1.165) is 12.1 Å². The van der Waals surface area contributed by atoms with Gasteiger partial charge in [0, 0.05) is 12.0 Å². The molecule has 0 saturated heterocycles. The molecule has 2 nitrogen and oxygen atoms in total. The number of benzene rings is 2. The van der Waals surface area contributed by atoms with E-state index in [1.807, 2.05) is 0 Å². The van der Waals surface area contributed by atoms with Gasteiger partial charge in [0.2, 0.25) is 0 Å². The average Bonchev–Trinajstić information content (AvgIpc) is 2.68. The van der Waals surface area contributed by atoms with Crippen LogP contribution in [0.2, 0.25) is 5.02 Å². The Hall–Kier alpha value is -2.33. The third kappa shape index (κ3) is 6.21. The fourth-order valence-electron chi connectivity index (χ4n) is 3.65. The molecular weight excluding hydrogens is 496 g/mol. The SMILES string of the molecule is C=CCOc1ccc(F)cc1C(C)(C)CC(O)(Cc1cc(C(F)(F)F)cc(Cl)c1F)C(F)(F)F. The van der Waals surface area contributed by atoms with E-state index in [1.54, 1.807) is 0 Å². The Bertz CT molecular complexity index is 1050. The van der Waals surface area contributed by atoms with Gasteiger partial charge in [-0.15, -0.1) is 0 Å². The average molecular weight is 517 g/mol. The van der Waals surface area contributed by atoms with Crippen LogP contribution in [0.15, 0.2) is 43.0 Å². The van der Waals surface area contributed by atoms with Gasteiger partial charge >= 0.3 is 12.4 Å². The van der Waals surface area contributed by atoms with Crippen molar-refractivity contribution < 1.29 is 45.0 Å². The van der Waals surface area contributed by atoms with Crippen LogP contribution in [0.4, 0.5) is 35.1 Å². The number of halogens is 9. The van der Waals surface area contributed by atoms with E-state index in [1.165, 1.54) is 26.0 Å². The lowest BCUT2D eigenvalue weighted by Crippen LogP contribution is -2.51. The molecule has 0 aliphatic heterocycles.